The summed E-state index contributed by atoms with van der Waals surface area (Å²) < 4.78 is 5.36. The van der Waals surface area contributed by atoms with Crippen molar-refractivity contribution in [3.8, 4) is 5.75 Å². The van der Waals surface area contributed by atoms with Crippen LogP contribution in [0.2, 0.25) is 10.0 Å². The number of carbonyl (C=O) groups is 1. The number of hydrogen-bond donors (Lipinski definition) is 1. The zero-order chi connectivity index (χ0) is 14.4. The Balaban J connectivity index is 2.41. The van der Waals surface area contributed by atoms with E-state index in [0.717, 1.165) is 6.42 Å². The first-order valence-corrected chi connectivity index (χ1v) is 7.01. The van der Waals surface area contributed by atoms with Gasteiger partial charge in [0.15, 0.2) is 6.61 Å². The number of benzene rings is 1. The predicted octanol–water partition coefficient (Wildman–Crippen LogP) is 3.92. The van der Waals surface area contributed by atoms with E-state index >= 15 is 0 Å². The molecule has 1 atom stereocenters. The minimum Gasteiger partial charge on any atom is -0.482 e. The Morgan fingerprint density at radius 1 is 1.32 bits per heavy atom. The van der Waals surface area contributed by atoms with Gasteiger partial charge in [0.1, 0.15) is 5.75 Å². The second-order valence-corrected chi connectivity index (χ2v) is 5.81. The molecule has 1 aromatic rings. The maximum atomic E-state index is 11.7. The van der Waals surface area contributed by atoms with Crippen molar-refractivity contribution < 1.29 is 9.53 Å². The molecule has 0 spiro atoms. The molecule has 5 heteroatoms. The van der Waals surface area contributed by atoms with Crippen molar-refractivity contribution in [1.29, 1.82) is 0 Å². The quantitative estimate of drug-likeness (QED) is 0.865. The maximum Gasteiger partial charge on any atom is 0.258 e. The van der Waals surface area contributed by atoms with Crippen LogP contribution in [0, 0.1) is 5.92 Å². The highest BCUT2D eigenvalue weighted by atomic mass is 35.5. The molecule has 3 nitrogen and oxygen atoms in total. The molecule has 0 radical (unpaired) electrons. The molecule has 0 bridgehead atoms. The van der Waals surface area contributed by atoms with Gasteiger partial charge in [0.05, 0.1) is 5.02 Å². The lowest BCUT2D eigenvalue weighted by atomic mass is 10.1. The first-order chi connectivity index (χ1) is 8.88. The van der Waals surface area contributed by atoms with E-state index in [1.807, 2.05) is 6.92 Å². The summed E-state index contributed by atoms with van der Waals surface area (Å²) in [7, 11) is 0. The number of halogens is 2. The average molecular weight is 304 g/mol. The summed E-state index contributed by atoms with van der Waals surface area (Å²) in [5.41, 5.74) is 0. The fourth-order valence-electron chi connectivity index (χ4n) is 1.82. The Bertz CT molecular complexity index is 435. The van der Waals surface area contributed by atoms with Gasteiger partial charge in [-0.25, -0.2) is 0 Å². The summed E-state index contributed by atoms with van der Waals surface area (Å²) in [5.74, 6) is 0.846. The van der Waals surface area contributed by atoms with Gasteiger partial charge < -0.3 is 10.1 Å². The van der Waals surface area contributed by atoms with Crippen molar-refractivity contribution in [3.05, 3.63) is 28.2 Å². The number of rotatable bonds is 6. The summed E-state index contributed by atoms with van der Waals surface area (Å²) in [4.78, 5) is 11.7. The molecule has 0 heterocycles. The zero-order valence-corrected chi connectivity index (χ0v) is 12.9. The molecule has 0 fully saturated rings. The lowest BCUT2D eigenvalue weighted by Gasteiger charge is -2.16. The molecule has 1 rings (SSSR count). The molecule has 0 aliphatic rings. The van der Waals surface area contributed by atoms with Crippen molar-refractivity contribution in [2.24, 2.45) is 5.92 Å². The van der Waals surface area contributed by atoms with Crippen molar-refractivity contribution in [1.82, 2.24) is 5.32 Å². The molecule has 1 aromatic carbocycles. The average Bonchev–Trinajstić information content (AvgIpc) is 2.26. The van der Waals surface area contributed by atoms with Gasteiger partial charge in [0.2, 0.25) is 0 Å². The molecule has 19 heavy (non-hydrogen) atoms. The van der Waals surface area contributed by atoms with Crippen LogP contribution in [-0.4, -0.2) is 18.6 Å². The van der Waals surface area contributed by atoms with Crippen LogP contribution in [0.5, 0.6) is 5.75 Å². The Morgan fingerprint density at radius 2 is 2.00 bits per heavy atom. The Kier molecular flexibility index (Phi) is 6.46. The van der Waals surface area contributed by atoms with Gasteiger partial charge in [-0.3, -0.25) is 4.79 Å². The Labute approximate surface area is 124 Å². The van der Waals surface area contributed by atoms with E-state index in [2.05, 4.69) is 19.2 Å². The van der Waals surface area contributed by atoms with Gasteiger partial charge in [-0.05, 0) is 37.5 Å². The van der Waals surface area contributed by atoms with Crippen LogP contribution >= 0.6 is 23.2 Å². The standard InChI is InChI=1S/C14H19Cl2NO2/c1-9(2)6-10(3)17-14(18)8-19-13-5-4-11(15)7-12(13)16/h4-5,7,9-10H,6,8H2,1-3H3,(H,17,18). The molecule has 1 amide bonds. The highest BCUT2D eigenvalue weighted by Gasteiger charge is 2.10. The molecule has 0 saturated heterocycles. The van der Waals surface area contributed by atoms with E-state index in [1.54, 1.807) is 18.2 Å². The molecule has 0 saturated carbocycles. The van der Waals surface area contributed by atoms with Gasteiger partial charge in [0, 0.05) is 11.1 Å². The summed E-state index contributed by atoms with van der Waals surface area (Å²) in [6, 6.07) is 5.03. The highest BCUT2D eigenvalue weighted by Crippen LogP contribution is 2.27. The molecule has 1 N–H and O–H groups in total. The highest BCUT2D eigenvalue weighted by molar-refractivity contribution is 6.35. The van der Waals surface area contributed by atoms with E-state index in [4.69, 9.17) is 27.9 Å². The van der Waals surface area contributed by atoms with Crippen molar-refractivity contribution in [3.63, 3.8) is 0 Å². The third kappa shape index (κ3) is 6.17. The number of ether oxygens (including phenoxy) is 1. The normalized spacial score (nSPS) is 12.3. The first kappa shape index (κ1) is 16.1. The molecular formula is C14H19Cl2NO2. The summed E-state index contributed by atoms with van der Waals surface area (Å²) in [5, 5.41) is 3.81. The third-order valence-corrected chi connectivity index (χ3v) is 3.02. The fourth-order valence-corrected chi connectivity index (χ4v) is 2.28. The Morgan fingerprint density at radius 3 is 2.58 bits per heavy atom. The van der Waals surface area contributed by atoms with Gasteiger partial charge in [-0.15, -0.1) is 0 Å². The van der Waals surface area contributed by atoms with Crippen molar-refractivity contribution in [2.45, 2.75) is 33.2 Å². The summed E-state index contributed by atoms with van der Waals surface area (Å²) in [6.07, 6.45) is 0.938. The maximum absolute atomic E-state index is 11.7. The monoisotopic (exact) mass is 303 g/mol. The molecule has 0 aliphatic carbocycles. The third-order valence-electron chi connectivity index (χ3n) is 2.49. The van der Waals surface area contributed by atoms with E-state index in [-0.39, 0.29) is 18.6 Å². The largest absolute Gasteiger partial charge is 0.482 e. The second-order valence-electron chi connectivity index (χ2n) is 4.96. The van der Waals surface area contributed by atoms with Crippen LogP contribution in [0.4, 0.5) is 0 Å². The summed E-state index contributed by atoms with van der Waals surface area (Å²) >= 11 is 11.7. The van der Waals surface area contributed by atoms with E-state index < -0.39 is 0 Å². The molecule has 1 unspecified atom stereocenters. The van der Waals surface area contributed by atoms with Crippen LogP contribution < -0.4 is 10.1 Å². The van der Waals surface area contributed by atoms with Gasteiger partial charge in [0.25, 0.3) is 5.91 Å². The van der Waals surface area contributed by atoms with E-state index in [1.165, 1.54) is 0 Å². The second kappa shape index (κ2) is 7.61. The minimum atomic E-state index is -0.154. The SMILES string of the molecule is CC(C)CC(C)NC(=O)COc1ccc(Cl)cc1Cl. The van der Waals surface area contributed by atoms with Gasteiger partial charge >= 0.3 is 0 Å². The minimum absolute atomic E-state index is 0.0518. The first-order valence-electron chi connectivity index (χ1n) is 6.25. The van der Waals surface area contributed by atoms with E-state index in [0.29, 0.717) is 21.7 Å². The van der Waals surface area contributed by atoms with Crippen LogP contribution in [-0.2, 0) is 4.79 Å². The fraction of sp³-hybridized carbons (Fsp3) is 0.500. The zero-order valence-electron chi connectivity index (χ0n) is 11.4. The number of nitrogens with one attached hydrogen (secondary N) is 1. The number of amides is 1. The number of hydrogen-bond acceptors (Lipinski definition) is 2. The smallest absolute Gasteiger partial charge is 0.258 e. The molecule has 106 valence electrons. The van der Waals surface area contributed by atoms with Crippen LogP contribution in [0.25, 0.3) is 0 Å². The molecule has 0 aromatic heterocycles. The number of carbonyl (C=O) groups excluding carboxylic acids is 1. The Hall–Kier alpha value is -0.930. The van der Waals surface area contributed by atoms with E-state index in [9.17, 15) is 4.79 Å². The predicted molar refractivity (Wildman–Crippen MR) is 79.0 cm³/mol. The lowest BCUT2D eigenvalue weighted by molar-refractivity contribution is -0.123. The van der Waals surface area contributed by atoms with Crippen LogP contribution in [0.3, 0.4) is 0 Å². The topological polar surface area (TPSA) is 38.3 Å². The molecular weight excluding hydrogens is 285 g/mol. The molecule has 0 aliphatic heterocycles. The van der Waals surface area contributed by atoms with Crippen LogP contribution in [0.1, 0.15) is 27.2 Å². The van der Waals surface area contributed by atoms with Gasteiger partial charge in [-0.1, -0.05) is 37.0 Å². The summed E-state index contributed by atoms with van der Waals surface area (Å²) in [6.45, 7) is 6.16. The van der Waals surface area contributed by atoms with Gasteiger partial charge in [-0.2, -0.15) is 0 Å². The van der Waals surface area contributed by atoms with Crippen molar-refractivity contribution in [2.75, 3.05) is 6.61 Å². The lowest BCUT2D eigenvalue weighted by Crippen LogP contribution is -2.36. The van der Waals surface area contributed by atoms with Crippen LogP contribution in [0.15, 0.2) is 18.2 Å². The van der Waals surface area contributed by atoms with Crippen molar-refractivity contribution >= 4 is 29.1 Å².